The summed E-state index contributed by atoms with van der Waals surface area (Å²) in [5, 5.41) is 0. The molecular weight excluding hydrogens is 227 g/mol. The molecule has 0 unspecified atom stereocenters. The first kappa shape index (κ1) is 12.5. The lowest BCUT2D eigenvalue weighted by molar-refractivity contribution is 0.00578. The molecule has 1 aliphatic heterocycles. The summed E-state index contributed by atoms with van der Waals surface area (Å²) in [5.74, 6) is -1.39. The Kier molecular flexibility index (Phi) is 2.74. The lowest BCUT2D eigenvalue weighted by Gasteiger charge is -2.32. The van der Waals surface area contributed by atoms with Crippen molar-refractivity contribution in [1.29, 1.82) is 0 Å². The molecule has 0 spiro atoms. The van der Waals surface area contributed by atoms with Crippen molar-refractivity contribution >= 4 is 12.6 Å². The maximum atomic E-state index is 13.5. The summed E-state index contributed by atoms with van der Waals surface area (Å²) in [6.45, 7) is 7.40. The maximum absolute atomic E-state index is 13.5. The molecule has 17 heavy (non-hydrogen) atoms. The standard InChI is InChI=1S/C11H14BF2NO2/c1-10(2)11(3,4)17-12(16-10)7-5-9(14)15-6-8(7)13/h5-6H,1-4H3. The average Bonchev–Trinajstić information content (AvgIpc) is 2.40. The molecule has 1 aliphatic rings. The average molecular weight is 241 g/mol. The van der Waals surface area contributed by atoms with E-state index in [2.05, 4.69) is 4.98 Å². The Hall–Kier alpha value is -1.01. The molecular formula is C11H14BF2NO2. The molecule has 2 rings (SSSR count). The molecule has 0 saturated carbocycles. The minimum atomic E-state index is -0.905. The van der Waals surface area contributed by atoms with E-state index in [9.17, 15) is 8.78 Å². The van der Waals surface area contributed by atoms with Crippen molar-refractivity contribution in [1.82, 2.24) is 4.98 Å². The van der Waals surface area contributed by atoms with Gasteiger partial charge in [0, 0.05) is 5.46 Å². The second-order valence-corrected chi connectivity index (χ2v) is 5.12. The van der Waals surface area contributed by atoms with Crippen molar-refractivity contribution in [3.8, 4) is 0 Å². The summed E-state index contributed by atoms with van der Waals surface area (Å²) < 4.78 is 37.8. The lowest BCUT2D eigenvalue weighted by atomic mass is 9.79. The van der Waals surface area contributed by atoms with E-state index in [0.29, 0.717) is 0 Å². The Labute approximate surface area is 99.3 Å². The fourth-order valence-electron chi connectivity index (χ4n) is 1.58. The van der Waals surface area contributed by atoms with Gasteiger partial charge < -0.3 is 9.31 Å². The van der Waals surface area contributed by atoms with Crippen LogP contribution < -0.4 is 5.46 Å². The SMILES string of the molecule is CC1(C)OB(c2cc(F)ncc2F)OC1(C)C. The number of rotatable bonds is 1. The first-order valence-electron chi connectivity index (χ1n) is 5.39. The maximum Gasteiger partial charge on any atom is 0.498 e. The molecule has 1 aromatic heterocycles. The number of nitrogens with zero attached hydrogens (tertiary/aromatic N) is 1. The molecule has 3 nitrogen and oxygen atoms in total. The van der Waals surface area contributed by atoms with Gasteiger partial charge in [-0.25, -0.2) is 9.37 Å². The predicted octanol–water partition coefficient (Wildman–Crippen LogP) is 1.66. The summed E-state index contributed by atoms with van der Waals surface area (Å²) in [6.07, 6.45) is 0.829. The molecule has 1 aromatic rings. The summed E-state index contributed by atoms with van der Waals surface area (Å²) in [5.41, 5.74) is -1.12. The highest BCUT2D eigenvalue weighted by molar-refractivity contribution is 6.62. The van der Waals surface area contributed by atoms with Crippen LogP contribution in [-0.2, 0) is 9.31 Å². The fraction of sp³-hybridized carbons (Fsp3) is 0.545. The predicted molar refractivity (Wildman–Crippen MR) is 59.9 cm³/mol. The van der Waals surface area contributed by atoms with Crippen molar-refractivity contribution in [2.24, 2.45) is 0 Å². The third-order valence-electron chi connectivity index (χ3n) is 3.36. The van der Waals surface area contributed by atoms with Crippen LogP contribution in [0.2, 0.25) is 0 Å². The van der Waals surface area contributed by atoms with Gasteiger partial charge in [0.25, 0.3) is 0 Å². The van der Waals surface area contributed by atoms with E-state index in [1.807, 2.05) is 27.7 Å². The second-order valence-electron chi connectivity index (χ2n) is 5.12. The monoisotopic (exact) mass is 241 g/mol. The Balaban J connectivity index is 2.35. The number of aromatic nitrogens is 1. The van der Waals surface area contributed by atoms with Crippen LogP contribution in [0, 0.1) is 11.8 Å². The van der Waals surface area contributed by atoms with Crippen LogP contribution in [0.1, 0.15) is 27.7 Å². The van der Waals surface area contributed by atoms with Crippen LogP contribution in [0.15, 0.2) is 12.3 Å². The van der Waals surface area contributed by atoms with Gasteiger partial charge in [-0.15, -0.1) is 0 Å². The fourth-order valence-corrected chi connectivity index (χ4v) is 1.58. The van der Waals surface area contributed by atoms with Gasteiger partial charge >= 0.3 is 7.12 Å². The highest BCUT2D eigenvalue weighted by atomic mass is 19.1. The van der Waals surface area contributed by atoms with E-state index < -0.39 is 30.1 Å². The Bertz CT molecular complexity index is 435. The summed E-state index contributed by atoms with van der Waals surface area (Å²) in [7, 11) is -0.905. The zero-order chi connectivity index (χ0) is 12.8. The molecule has 2 heterocycles. The largest absolute Gasteiger partial charge is 0.498 e. The highest BCUT2D eigenvalue weighted by Crippen LogP contribution is 2.36. The topological polar surface area (TPSA) is 31.4 Å². The van der Waals surface area contributed by atoms with Crippen LogP contribution in [-0.4, -0.2) is 23.3 Å². The van der Waals surface area contributed by atoms with Gasteiger partial charge in [-0.1, -0.05) is 0 Å². The highest BCUT2D eigenvalue weighted by Gasteiger charge is 2.52. The first-order chi connectivity index (χ1) is 7.73. The van der Waals surface area contributed by atoms with Crippen LogP contribution in [0.3, 0.4) is 0 Å². The van der Waals surface area contributed by atoms with Crippen molar-refractivity contribution in [3.05, 3.63) is 24.0 Å². The van der Waals surface area contributed by atoms with Gasteiger partial charge in [0.15, 0.2) is 0 Å². The summed E-state index contributed by atoms with van der Waals surface area (Å²) >= 11 is 0. The van der Waals surface area contributed by atoms with E-state index in [1.165, 1.54) is 0 Å². The van der Waals surface area contributed by atoms with Crippen molar-refractivity contribution in [2.45, 2.75) is 38.9 Å². The molecule has 1 fully saturated rings. The Morgan fingerprint density at radius 1 is 1.12 bits per heavy atom. The molecule has 0 amide bonds. The van der Waals surface area contributed by atoms with Gasteiger partial charge in [0.2, 0.25) is 5.95 Å². The minimum Gasteiger partial charge on any atom is -0.399 e. The zero-order valence-electron chi connectivity index (χ0n) is 10.3. The smallest absolute Gasteiger partial charge is 0.399 e. The van der Waals surface area contributed by atoms with E-state index in [-0.39, 0.29) is 5.46 Å². The van der Waals surface area contributed by atoms with Crippen molar-refractivity contribution in [3.63, 3.8) is 0 Å². The third kappa shape index (κ3) is 2.07. The van der Waals surface area contributed by atoms with Gasteiger partial charge in [-0.2, -0.15) is 4.39 Å². The van der Waals surface area contributed by atoms with Gasteiger partial charge in [-0.05, 0) is 33.8 Å². The van der Waals surface area contributed by atoms with E-state index in [1.54, 1.807) is 0 Å². The van der Waals surface area contributed by atoms with Gasteiger partial charge in [-0.3, -0.25) is 0 Å². The van der Waals surface area contributed by atoms with Crippen molar-refractivity contribution < 1.29 is 18.1 Å². The van der Waals surface area contributed by atoms with Crippen molar-refractivity contribution in [2.75, 3.05) is 0 Å². The quantitative estimate of drug-likeness (QED) is 0.553. The molecule has 0 N–H and O–H groups in total. The molecule has 0 aliphatic carbocycles. The summed E-state index contributed by atoms with van der Waals surface area (Å²) in [4.78, 5) is 3.23. The minimum absolute atomic E-state index is 0.0381. The summed E-state index contributed by atoms with van der Waals surface area (Å²) in [6, 6.07) is 0.998. The van der Waals surface area contributed by atoms with Gasteiger partial charge in [0.1, 0.15) is 5.82 Å². The zero-order valence-corrected chi connectivity index (χ0v) is 10.3. The Morgan fingerprint density at radius 2 is 1.65 bits per heavy atom. The molecule has 0 bridgehead atoms. The van der Waals surface area contributed by atoms with Gasteiger partial charge in [0.05, 0.1) is 17.4 Å². The number of halogens is 2. The first-order valence-corrected chi connectivity index (χ1v) is 5.39. The molecule has 92 valence electrons. The number of hydrogen-bond acceptors (Lipinski definition) is 3. The van der Waals surface area contributed by atoms with E-state index >= 15 is 0 Å². The van der Waals surface area contributed by atoms with Crippen LogP contribution in [0.5, 0.6) is 0 Å². The molecule has 0 atom stereocenters. The number of hydrogen-bond donors (Lipinski definition) is 0. The normalized spacial score (nSPS) is 21.9. The molecule has 6 heteroatoms. The lowest BCUT2D eigenvalue weighted by Crippen LogP contribution is -2.41. The second kappa shape index (κ2) is 3.75. The third-order valence-corrected chi connectivity index (χ3v) is 3.36. The molecule has 0 aromatic carbocycles. The van der Waals surface area contributed by atoms with Crippen LogP contribution >= 0.6 is 0 Å². The van der Waals surface area contributed by atoms with E-state index in [4.69, 9.17) is 9.31 Å². The van der Waals surface area contributed by atoms with Crippen LogP contribution in [0.25, 0.3) is 0 Å². The number of pyridine rings is 1. The Morgan fingerprint density at radius 3 is 2.18 bits per heavy atom. The van der Waals surface area contributed by atoms with E-state index in [0.717, 1.165) is 12.3 Å². The molecule has 0 radical (unpaired) electrons. The molecule has 1 saturated heterocycles. The van der Waals surface area contributed by atoms with Crippen LogP contribution in [0.4, 0.5) is 8.78 Å².